The number of hydrogen-bond acceptors (Lipinski definition) is 7. The maximum Gasteiger partial charge on any atom is 0.268 e. The van der Waals surface area contributed by atoms with Gasteiger partial charge in [-0.3, -0.25) is 9.89 Å². The number of carbonyl (C=O) groups is 1. The van der Waals surface area contributed by atoms with Crippen molar-refractivity contribution in [2.45, 2.75) is 25.7 Å². The summed E-state index contributed by atoms with van der Waals surface area (Å²) in [5, 5.41) is 10.7. The molecule has 0 aliphatic carbocycles. The van der Waals surface area contributed by atoms with Crippen LogP contribution in [0.1, 0.15) is 39.8 Å². The Balaban J connectivity index is 1.48. The molecule has 3 aromatic heterocycles. The molecule has 1 amide bonds. The molecule has 0 bridgehead atoms. The molecule has 0 saturated carbocycles. The predicted molar refractivity (Wildman–Crippen MR) is 97.2 cm³/mol. The van der Waals surface area contributed by atoms with Crippen LogP contribution in [0.15, 0.2) is 24.5 Å². The molecule has 1 aliphatic rings. The third-order valence-corrected chi connectivity index (χ3v) is 5.41. The van der Waals surface area contributed by atoms with Gasteiger partial charge < -0.3 is 10.1 Å². The summed E-state index contributed by atoms with van der Waals surface area (Å²) in [6.07, 6.45) is 5.23. The van der Waals surface area contributed by atoms with Gasteiger partial charge in [0.1, 0.15) is 4.88 Å². The second-order valence-electron chi connectivity index (χ2n) is 6.06. The molecule has 1 saturated heterocycles. The summed E-state index contributed by atoms with van der Waals surface area (Å²) in [6.45, 7) is 3.32. The first-order valence-corrected chi connectivity index (χ1v) is 9.21. The summed E-state index contributed by atoms with van der Waals surface area (Å²) < 4.78 is 5.38. The highest BCUT2D eigenvalue weighted by molar-refractivity contribution is 7.17. The van der Waals surface area contributed by atoms with Crippen molar-refractivity contribution < 1.29 is 9.53 Å². The molecule has 26 heavy (non-hydrogen) atoms. The molecule has 9 heteroatoms. The van der Waals surface area contributed by atoms with E-state index in [9.17, 15) is 4.79 Å². The average molecular weight is 370 g/mol. The lowest BCUT2D eigenvalue weighted by molar-refractivity contribution is 0.0845. The van der Waals surface area contributed by atoms with Crippen LogP contribution in [0.5, 0.6) is 0 Å². The highest BCUT2D eigenvalue weighted by Gasteiger charge is 2.21. The van der Waals surface area contributed by atoms with Crippen molar-refractivity contribution in [2.75, 3.05) is 18.5 Å². The van der Waals surface area contributed by atoms with E-state index in [1.165, 1.54) is 11.3 Å². The minimum absolute atomic E-state index is 0.229. The normalized spacial score (nSPS) is 15.1. The molecule has 0 aromatic carbocycles. The molecule has 0 atom stereocenters. The number of aromatic amines is 1. The van der Waals surface area contributed by atoms with Gasteiger partial charge in [0.15, 0.2) is 16.6 Å². The molecule has 0 unspecified atom stereocenters. The Kier molecular flexibility index (Phi) is 4.72. The highest BCUT2D eigenvalue weighted by atomic mass is 32.1. The number of nitrogens with one attached hydrogen (secondary N) is 2. The Labute approximate surface area is 154 Å². The van der Waals surface area contributed by atoms with E-state index in [-0.39, 0.29) is 5.91 Å². The Morgan fingerprint density at radius 1 is 1.31 bits per heavy atom. The van der Waals surface area contributed by atoms with Crippen molar-refractivity contribution in [3.05, 3.63) is 40.8 Å². The van der Waals surface area contributed by atoms with Gasteiger partial charge in [0.2, 0.25) is 0 Å². The maximum atomic E-state index is 12.6. The number of thiazole rings is 1. The smallest absolute Gasteiger partial charge is 0.268 e. The van der Waals surface area contributed by atoms with E-state index < -0.39 is 0 Å². The van der Waals surface area contributed by atoms with Crippen molar-refractivity contribution in [1.82, 2.24) is 25.1 Å². The van der Waals surface area contributed by atoms with E-state index in [0.29, 0.717) is 33.1 Å². The summed E-state index contributed by atoms with van der Waals surface area (Å²) >= 11 is 1.27. The van der Waals surface area contributed by atoms with Crippen LogP contribution in [0.25, 0.3) is 10.8 Å². The van der Waals surface area contributed by atoms with Gasteiger partial charge in [-0.2, -0.15) is 5.10 Å². The first kappa shape index (κ1) is 16.8. The topological polar surface area (TPSA) is 106 Å². The summed E-state index contributed by atoms with van der Waals surface area (Å²) in [6, 6.07) is 3.64. The number of H-pyrrole nitrogens is 1. The molecule has 4 rings (SSSR count). The summed E-state index contributed by atoms with van der Waals surface area (Å²) in [4.78, 5) is 25.9. The lowest BCUT2D eigenvalue weighted by atomic mass is 9.97. The molecule has 1 aliphatic heterocycles. The summed E-state index contributed by atoms with van der Waals surface area (Å²) in [5.41, 5.74) is 1.68. The van der Waals surface area contributed by atoms with Gasteiger partial charge in [-0.25, -0.2) is 15.0 Å². The van der Waals surface area contributed by atoms with Crippen LogP contribution in [0.4, 0.5) is 5.82 Å². The average Bonchev–Trinajstić information content (AvgIpc) is 3.30. The van der Waals surface area contributed by atoms with Gasteiger partial charge in [0.05, 0.1) is 5.69 Å². The Hall–Kier alpha value is -2.65. The first-order chi connectivity index (χ1) is 12.7. The van der Waals surface area contributed by atoms with Crippen molar-refractivity contribution in [1.29, 1.82) is 0 Å². The van der Waals surface area contributed by atoms with Crippen LogP contribution in [0.2, 0.25) is 0 Å². The molecular formula is C17H18N6O2S. The lowest BCUT2D eigenvalue weighted by Crippen LogP contribution is -2.14. The van der Waals surface area contributed by atoms with Crippen molar-refractivity contribution in [2.24, 2.45) is 0 Å². The van der Waals surface area contributed by atoms with Gasteiger partial charge >= 0.3 is 0 Å². The van der Waals surface area contributed by atoms with E-state index in [2.05, 4.69) is 30.5 Å². The monoisotopic (exact) mass is 370 g/mol. The Morgan fingerprint density at radius 2 is 2.08 bits per heavy atom. The van der Waals surface area contributed by atoms with Crippen LogP contribution < -0.4 is 5.32 Å². The first-order valence-electron chi connectivity index (χ1n) is 8.40. The SMILES string of the molecule is Cc1nc(-c2ncccn2)sc1C(=O)Nc1cc(C2CCOCC2)[nH]n1. The van der Waals surface area contributed by atoms with Gasteiger partial charge in [-0.05, 0) is 25.8 Å². The molecule has 1 fully saturated rings. The molecule has 3 aromatic rings. The maximum absolute atomic E-state index is 12.6. The number of hydrogen-bond donors (Lipinski definition) is 2. The zero-order valence-corrected chi connectivity index (χ0v) is 15.0. The third-order valence-electron chi connectivity index (χ3n) is 4.26. The molecule has 8 nitrogen and oxygen atoms in total. The number of aromatic nitrogens is 5. The van der Waals surface area contributed by atoms with E-state index in [1.54, 1.807) is 25.4 Å². The number of carbonyl (C=O) groups excluding carboxylic acids is 1. The standard InChI is InChI=1S/C17H18N6O2S/c1-10-14(26-17(20-10)15-18-5-2-6-19-15)16(24)21-13-9-12(22-23-13)11-3-7-25-8-4-11/h2,5-6,9,11H,3-4,7-8H2,1H3,(H2,21,22,23,24). The summed E-state index contributed by atoms with van der Waals surface area (Å²) in [5.74, 6) is 1.20. The van der Waals surface area contributed by atoms with Gasteiger partial charge in [0.25, 0.3) is 5.91 Å². The molecular weight excluding hydrogens is 352 g/mol. The second kappa shape index (κ2) is 7.30. The van der Waals surface area contributed by atoms with Crippen LogP contribution in [-0.2, 0) is 4.74 Å². The number of amides is 1. The fraction of sp³-hybridized carbons (Fsp3) is 0.353. The highest BCUT2D eigenvalue weighted by Crippen LogP contribution is 2.28. The summed E-state index contributed by atoms with van der Waals surface area (Å²) in [7, 11) is 0. The quantitative estimate of drug-likeness (QED) is 0.731. The molecule has 0 radical (unpaired) electrons. The van der Waals surface area contributed by atoms with Crippen LogP contribution >= 0.6 is 11.3 Å². The zero-order chi connectivity index (χ0) is 17.9. The predicted octanol–water partition coefficient (Wildman–Crippen LogP) is 2.78. The lowest BCUT2D eigenvalue weighted by Gasteiger charge is -2.20. The number of aryl methyl sites for hydroxylation is 1. The van der Waals surface area contributed by atoms with Crippen LogP contribution in [-0.4, -0.2) is 44.3 Å². The minimum Gasteiger partial charge on any atom is -0.381 e. The number of anilines is 1. The Morgan fingerprint density at radius 3 is 2.85 bits per heavy atom. The zero-order valence-electron chi connectivity index (χ0n) is 14.2. The van der Waals surface area contributed by atoms with E-state index in [0.717, 1.165) is 31.7 Å². The van der Waals surface area contributed by atoms with Gasteiger partial charge in [0, 0.05) is 43.3 Å². The fourth-order valence-corrected chi connectivity index (χ4v) is 3.81. The van der Waals surface area contributed by atoms with Crippen molar-refractivity contribution >= 4 is 23.1 Å². The molecule has 2 N–H and O–H groups in total. The second-order valence-corrected chi connectivity index (χ2v) is 7.05. The largest absolute Gasteiger partial charge is 0.381 e. The van der Waals surface area contributed by atoms with Crippen molar-refractivity contribution in [3.8, 4) is 10.8 Å². The van der Waals surface area contributed by atoms with Crippen molar-refractivity contribution in [3.63, 3.8) is 0 Å². The number of ether oxygens (including phenoxy) is 1. The molecule has 4 heterocycles. The minimum atomic E-state index is -0.229. The van der Waals surface area contributed by atoms with Crippen LogP contribution in [0.3, 0.4) is 0 Å². The van der Waals surface area contributed by atoms with E-state index >= 15 is 0 Å². The molecule has 134 valence electrons. The van der Waals surface area contributed by atoms with Gasteiger partial charge in [-0.15, -0.1) is 11.3 Å². The Bertz CT molecular complexity index is 901. The van der Waals surface area contributed by atoms with Gasteiger partial charge in [-0.1, -0.05) is 0 Å². The number of nitrogens with zero attached hydrogens (tertiary/aromatic N) is 4. The molecule has 0 spiro atoms. The van der Waals surface area contributed by atoms with E-state index in [4.69, 9.17) is 4.74 Å². The number of rotatable bonds is 4. The van der Waals surface area contributed by atoms with Crippen LogP contribution in [0, 0.1) is 6.92 Å². The fourth-order valence-electron chi connectivity index (χ4n) is 2.90. The third kappa shape index (κ3) is 3.49. The van der Waals surface area contributed by atoms with E-state index in [1.807, 2.05) is 6.07 Å².